The van der Waals surface area contributed by atoms with Crippen LogP contribution >= 0.6 is 11.3 Å². The van der Waals surface area contributed by atoms with Crippen LogP contribution in [-0.2, 0) is 9.53 Å². The molecular weight excluding hydrogens is 234 g/mol. The molecule has 0 N–H and O–H groups in total. The maximum Gasteiger partial charge on any atom is 0.129 e. The zero-order chi connectivity index (χ0) is 12.3. The first-order chi connectivity index (χ1) is 8.17. The van der Waals surface area contributed by atoms with Crippen molar-refractivity contribution in [2.45, 2.75) is 19.4 Å². The average Bonchev–Trinajstić information content (AvgIpc) is 2.99. The molecule has 1 aliphatic rings. The van der Waals surface area contributed by atoms with Crippen LogP contribution in [0.3, 0.4) is 0 Å². The fourth-order valence-corrected chi connectivity index (χ4v) is 3.11. The number of nitrogens with zero attached hydrogens (tertiary/aromatic N) is 1. The molecule has 0 aliphatic carbocycles. The van der Waals surface area contributed by atoms with Crippen molar-refractivity contribution >= 4 is 17.6 Å². The van der Waals surface area contributed by atoms with Crippen molar-refractivity contribution in [3.63, 3.8) is 0 Å². The molecule has 0 saturated carbocycles. The van der Waals surface area contributed by atoms with Gasteiger partial charge in [0, 0.05) is 24.1 Å². The molecule has 94 valence electrons. The van der Waals surface area contributed by atoms with Crippen molar-refractivity contribution < 1.29 is 9.53 Å². The quantitative estimate of drug-likeness (QED) is 0.754. The summed E-state index contributed by atoms with van der Waals surface area (Å²) in [6.07, 6.45) is 1.93. The molecule has 0 bridgehead atoms. The summed E-state index contributed by atoms with van der Waals surface area (Å²) in [5.41, 5.74) is -0.291. The Balaban J connectivity index is 2.00. The third-order valence-electron chi connectivity index (χ3n) is 3.56. The van der Waals surface area contributed by atoms with Gasteiger partial charge in [0.15, 0.2) is 0 Å². The highest BCUT2D eigenvalue weighted by Crippen LogP contribution is 2.31. The number of rotatable bonds is 5. The highest BCUT2D eigenvalue weighted by Gasteiger charge is 2.36. The molecule has 0 radical (unpaired) electrons. The number of hydrogen-bond donors (Lipinski definition) is 0. The van der Waals surface area contributed by atoms with Gasteiger partial charge in [0.2, 0.25) is 0 Å². The Hall–Kier alpha value is -0.710. The van der Waals surface area contributed by atoms with Gasteiger partial charge < -0.3 is 9.53 Å². The van der Waals surface area contributed by atoms with Crippen molar-refractivity contribution in [2.75, 3.05) is 26.8 Å². The summed E-state index contributed by atoms with van der Waals surface area (Å²) in [7, 11) is 2.08. The van der Waals surface area contributed by atoms with Crippen LogP contribution in [0.4, 0.5) is 0 Å². The topological polar surface area (TPSA) is 29.5 Å². The molecule has 4 heteroatoms. The summed E-state index contributed by atoms with van der Waals surface area (Å²) in [5, 5.41) is 2.09. The maximum absolute atomic E-state index is 11.3. The minimum absolute atomic E-state index is 0.291. The van der Waals surface area contributed by atoms with Gasteiger partial charge in [-0.2, -0.15) is 0 Å². The van der Waals surface area contributed by atoms with Crippen LogP contribution in [0.25, 0.3) is 0 Å². The monoisotopic (exact) mass is 253 g/mol. The van der Waals surface area contributed by atoms with Crippen molar-refractivity contribution in [2.24, 2.45) is 5.41 Å². The Morgan fingerprint density at radius 2 is 2.53 bits per heavy atom. The van der Waals surface area contributed by atoms with Gasteiger partial charge in [-0.05, 0) is 31.8 Å². The first-order valence-electron chi connectivity index (χ1n) is 5.95. The zero-order valence-corrected chi connectivity index (χ0v) is 11.2. The largest absolute Gasteiger partial charge is 0.380 e. The van der Waals surface area contributed by atoms with Gasteiger partial charge in [-0.15, -0.1) is 11.3 Å². The predicted octanol–water partition coefficient (Wildman–Crippen LogP) is 2.35. The highest BCUT2D eigenvalue weighted by atomic mass is 32.1. The Morgan fingerprint density at radius 3 is 3.06 bits per heavy atom. The molecule has 0 amide bonds. The lowest BCUT2D eigenvalue weighted by atomic mass is 9.88. The first-order valence-corrected chi connectivity index (χ1v) is 6.82. The van der Waals surface area contributed by atoms with Gasteiger partial charge in [-0.25, -0.2) is 0 Å². The minimum atomic E-state index is -0.291. The van der Waals surface area contributed by atoms with Gasteiger partial charge >= 0.3 is 0 Å². The third kappa shape index (κ3) is 2.76. The van der Waals surface area contributed by atoms with Crippen molar-refractivity contribution in [1.82, 2.24) is 4.90 Å². The molecule has 0 spiro atoms. The lowest BCUT2D eigenvalue weighted by Crippen LogP contribution is -2.38. The van der Waals surface area contributed by atoms with Crippen LogP contribution in [0.15, 0.2) is 17.5 Å². The van der Waals surface area contributed by atoms with E-state index in [9.17, 15) is 4.79 Å². The Bertz CT molecular complexity index is 358. The number of ether oxygens (including phenoxy) is 1. The molecule has 1 aromatic heterocycles. The second-order valence-electron chi connectivity index (χ2n) is 4.89. The van der Waals surface area contributed by atoms with E-state index in [4.69, 9.17) is 4.74 Å². The van der Waals surface area contributed by atoms with Crippen LogP contribution in [0, 0.1) is 5.41 Å². The average molecular weight is 253 g/mol. The van der Waals surface area contributed by atoms with E-state index in [0.29, 0.717) is 19.3 Å². The molecule has 1 aromatic rings. The third-order valence-corrected chi connectivity index (χ3v) is 4.61. The van der Waals surface area contributed by atoms with Crippen LogP contribution in [-0.4, -0.2) is 38.0 Å². The summed E-state index contributed by atoms with van der Waals surface area (Å²) in [6, 6.07) is 4.57. The fourth-order valence-electron chi connectivity index (χ4n) is 2.26. The SMILES string of the molecule is CC(c1cccs1)N(C)CC1(C=O)CCOC1. The molecule has 1 aliphatic heterocycles. The van der Waals surface area contributed by atoms with E-state index in [1.807, 2.05) is 0 Å². The first kappa shape index (κ1) is 12.7. The van der Waals surface area contributed by atoms with Crippen LogP contribution in [0.1, 0.15) is 24.3 Å². The van der Waals surface area contributed by atoms with E-state index in [2.05, 4.69) is 36.4 Å². The molecule has 2 unspecified atom stereocenters. The number of carbonyl (C=O) groups excluding carboxylic acids is 1. The Morgan fingerprint density at radius 1 is 1.71 bits per heavy atom. The van der Waals surface area contributed by atoms with Gasteiger partial charge in [0.25, 0.3) is 0 Å². The fraction of sp³-hybridized carbons (Fsp3) is 0.615. The predicted molar refractivity (Wildman–Crippen MR) is 69.3 cm³/mol. The van der Waals surface area contributed by atoms with Crippen molar-refractivity contribution in [3.8, 4) is 0 Å². The second kappa shape index (κ2) is 5.29. The van der Waals surface area contributed by atoms with Crippen LogP contribution in [0.2, 0.25) is 0 Å². The Kier molecular flexibility index (Phi) is 3.97. The zero-order valence-electron chi connectivity index (χ0n) is 10.4. The lowest BCUT2D eigenvalue weighted by Gasteiger charge is -2.31. The van der Waals surface area contributed by atoms with E-state index in [1.54, 1.807) is 11.3 Å². The normalized spacial score (nSPS) is 26.3. The lowest BCUT2D eigenvalue weighted by molar-refractivity contribution is -0.117. The van der Waals surface area contributed by atoms with Gasteiger partial charge in [0.1, 0.15) is 6.29 Å². The summed E-state index contributed by atoms with van der Waals surface area (Å²) in [5.74, 6) is 0. The van der Waals surface area contributed by atoms with Crippen molar-refractivity contribution in [3.05, 3.63) is 22.4 Å². The molecule has 3 nitrogen and oxygen atoms in total. The molecule has 0 aromatic carbocycles. The van der Waals surface area contributed by atoms with E-state index in [-0.39, 0.29) is 5.41 Å². The Labute approximate surface area is 106 Å². The summed E-state index contributed by atoms with van der Waals surface area (Å²) in [6.45, 7) is 4.23. The molecule has 17 heavy (non-hydrogen) atoms. The van der Waals surface area contributed by atoms with Crippen LogP contribution in [0.5, 0.6) is 0 Å². The van der Waals surface area contributed by atoms with Gasteiger partial charge in [-0.3, -0.25) is 4.90 Å². The van der Waals surface area contributed by atoms with Gasteiger partial charge in [0.05, 0.1) is 12.0 Å². The smallest absolute Gasteiger partial charge is 0.129 e. The molecule has 2 atom stereocenters. The van der Waals surface area contributed by atoms with Crippen molar-refractivity contribution in [1.29, 1.82) is 0 Å². The second-order valence-corrected chi connectivity index (χ2v) is 5.87. The molecule has 1 fully saturated rings. The summed E-state index contributed by atoms with van der Waals surface area (Å²) < 4.78 is 5.37. The molecule has 1 saturated heterocycles. The number of hydrogen-bond acceptors (Lipinski definition) is 4. The van der Waals surface area contributed by atoms with E-state index < -0.39 is 0 Å². The van der Waals surface area contributed by atoms with E-state index >= 15 is 0 Å². The number of thiophene rings is 1. The standard InChI is InChI=1S/C13H19NO2S/c1-11(12-4-3-7-17-12)14(2)8-13(9-15)5-6-16-10-13/h3-4,7,9,11H,5-6,8,10H2,1-2H3. The number of aldehydes is 1. The highest BCUT2D eigenvalue weighted by molar-refractivity contribution is 7.10. The number of carbonyl (C=O) groups is 1. The van der Waals surface area contributed by atoms with Crippen LogP contribution < -0.4 is 0 Å². The molecule has 2 rings (SSSR count). The minimum Gasteiger partial charge on any atom is -0.380 e. The summed E-state index contributed by atoms with van der Waals surface area (Å²) in [4.78, 5) is 14.9. The van der Waals surface area contributed by atoms with Gasteiger partial charge in [-0.1, -0.05) is 6.07 Å². The molecule has 2 heterocycles. The summed E-state index contributed by atoms with van der Waals surface area (Å²) >= 11 is 1.76. The van der Waals surface area contributed by atoms with E-state index in [1.165, 1.54) is 4.88 Å². The molecular formula is C13H19NO2S. The maximum atomic E-state index is 11.3. The van der Waals surface area contributed by atoms with E-state index in [0.717, 1.165) is 19.3 Å².